The van der Waals surface area contributed by atoms with Gasteiger partial charge < -0.3 is 12.2 Å². The maximum absolute atomic E-state index is 5.47. The summed E-state index contributed by atoms with van der Waals surface area (Å²) in [6, 6.07) is 13.3. The van der Waals surface area contributed by atoms with Gasteiger partial charge in [0.05, 0.1) is 5.69 Å². The molecule has 0 aliphatic heterocycles. The van der Waals surface area contributed by atoms with E-state index in [0.717, 1.165) is 11.4 Å². The molecule has 2 aromatic carbocycles. The molecule has 0 unspecified atom stereocenters. The number of aliphatic imine (C=N–C) groups is 1. The molecule has 0 aromatic heterocycles. The molecule has 0 aliphatic rings. The van der Waals surface area contributed by atoms with Crippen LogP contribution in [0.4, 0.5) is 11.4 Å². The Kier molecular flexibility index (Phi) is 12.5. The van der Waals surface area contributed by atoms with Gasteiger partial charge in [-0.2, -0.15) is 0 Å². The normalized spacial score (nSPS) is 14.2. The van der Waals surface area contributed by atoms with Crippen LogP contribution in [-0.2, 0) is 25.8 Å². The minimum absolute atomic E-state index is 0. The van der Waals surface area contributed by atoms with E-state index in [1.165, 1.54) is 33.6 Å². The molecule has 1 atom stereocenters. The number of benzene rings is 2. The molecule has 0 amide bonds. The van der Waals surface area contributed by atoms with Crippen LogP contribution in [0, 0.1) is 17.8 Å². The van der Waals surface area contributed by atoms with Crippen LogP contribution in [0.5, 0.6) is 0 Å². The van der Waals surface area contributed by atoms with Crippen molar-refractivity contribution in [1.29, 1.82) is 0 Å². The monoisotopic (exact) mass is 546 g/mol. The summed E-state index contributed by atoms with van der Waals surface area (Å²) in [5.74, 6) is 1.40. The van der Waals surface area contributed by atoms with Crippen LogP contribution in [0.25, 0.3) is 0 Å². The zero-order valence-corrected chi connectivity index (χ0v) is 28.4. The predicted molar refractivity (Wildman–Crippen MR) is 167 cm³/mol. The standard InChI is InChI=1S/C35H53N2.Sc/c1-22(2)26-17-15-18-27(23(3)4)32(26)36-30(34(9,10)11)21-31(35(12,13)14)37-33-28(24(5)6)19-16-20-29(33)25(7)8;/h15-25,36H,1H2,2-14H3;/q-1;/b30-21+,37-31?;/t22-;/m1./s1. The van der Waals surface area contributed by atoms with Crippen LogP contribution in [0.2, 0.25) is 0 Å². The number of para-hydroxylation sites is 2. The third-order valence-electron chi connectivity index (χ3n) is 6.97. The molecule has 0 spiro atoms. The minimum atomic E-state index is -0.128. The third-order valence-corrected chi connectivity index (χ3v) is 6.97. The van der Waals surface area contributed by atoms with E-state index in [4.69, 9.17) is 4.99 Å². The van der Waals surface area contributed by atoms with E-state index >= 15 is 0 Å². The number of rotatable bonds is 8. The van der Waals surface area contributed by atoms with Crippen molar-refractivity contribution in [3.05, 3.63) is 77.3 Å². The molecule has 1 N–H and O–H groups in total. The smallest absolute Gasteiger partial charge is 0.0702 e. The summed E-state index contributed by atoms with van der Waals surface area (Å²) in [6.07, 6.45) is 2.32. The van der Waals surface area contributed by atoms with Crippen molar-refractivity contribution in [3.63, 3.8) is 0 Å². The maximum Gasteiger partial charge on any atom is 0.0702 e. The molecule has 2 nitrogen and oxygen atoms in total. The predicted octanol–water partition coefficient (Wildman–Crippen LogP) is 11.2. The van der Waals surface area contributed by atoms with E-state index in [1.807, 2.05) is 0 Å². The zero-order valence-electron chi connectivity index (χ0n) is 26.6. The van der Waals surface area contributed by atoms with Gasteiger partial charge in [0, 0.05) is 53.8 Å². The molecule has 0 saturated heterocycles. The Hall–Kier alpha value is -1.48. The molecule has 1 radical (unpaired) electrons. The second kappa shape index (κ2) is 13.7. The van der Waals surface area contributed by atoms with E-state index in [0.29, 0.717) is 17.8 Å². The molecule has 0 bridgehead atoms. The quantitative estimate of drug-likeness (QED) is 0.258. The fourth-order valence-electron chi connectivity index (χ4n) is 4.51. The summed E-state index contributed by atoms with van der Waals surface area (Å²) < 4.78 is 0. The van der Waals surface area contributed by atoms with Gasteiger partial charge in [0.1, 0.15) is 0 Å². The molecule has 0 fully saturated rings. The molecule has 0 saturated carbocycles. The van der Waals surface area contributed by atoms with E-state index in [1.54, 1.807) is 0 Å². The Morgan fingerprint density at radius 1 is 0.711 bits per heavy atom. The fourth-order valence-corrected chi connectivity index (χ4v) is 4.51. The number of allylic oxidation sites excluding steroid dienone is 2. The summed E-state index contributed by atoms with van der Waals surface area (Å²) in [7, 11) is 0. The average Bonchev–Trinajstić information content (AvgIpc) is 2.75. The molecular formula is C35H53N2Sc-. The van der Waals surface area contributed by atoms with Crippen molar-refractivity contribution in [2.45, 2.75) is 114 Å². The van der Waals surface area contributed by atoms with Gasteiger partial charge in [-0.3, -0.25) is 4.99 Å². The Balaban J connectivity index is 0.00000722. The van der Waals surface area contributed by atoms with Crippen molar-refractivity contribution in [2.24, 2.45) is 15.8 Å². The molecule has 207 valence electrons. The topological polar surface area (TPSA) is 24.4 Å². The first kappa shape index (κ1) is 34.5. The van der Waals surface area contributed by atoms with Crippen LogP contribution in [0.1, 0.15) is 136 Å². The van der Waals surface area contributed by atoms with Crippen molar-refractivity contribution in [1.82, 2.24) is 0 Å². The van der Waals surface area contributed by atoms with Gasteiger partial charge in [-0.25, -0.2) is 0 Å². The summed E-state index contributed by atoms with van der Waals surface area (Å²) in [6.45, 7) is 33.7. The van der Waals surface area contributed by atoms with Gasteiger partial charge in [-0.1, -0.05) is 132 Å². The first-order valence-electron chi connectivity index (χ1n) is 14.1. The summed E-state index contributed by atoms with van der Waals surface area (Å²) in [5.41, 5.74) is 9.56. The SMILES string of the molecule is [CH2-][C@H](C)c1cccc(C(C)C)c1N/C(=C/C(=Nc1c(C(C)C)cccc1C(C)C)C(C)(C)C)C(C)(C)C.[Sc]. The summed E-state index contributed by atoms with van der Waals surface area (Å²) >= 11 is 0. The van der Waals surface area contributed by atoms with Crippen LogP contribution in [0.15, 0.2) is 53.2 Å². The number of nitrogens with one attached hydrogen (secondary N) is 1. The van der Waals surface area contributed by atoms with Crippen molar-refractivity contribution in [2.75, 3.05) is 5.32 Å². The van der Waals surface area contributed by atoms with Gasteiger partial charge in [0.25, 0.3) is 0 Å². The van der Waals surface area contributed by atoms with Gasteiger partial charge in [0.2, 0.25) is 0 Å². The van der Waals surface area contributed by atoms with E-state index in [2.05, 4.69) is 145 Å². The van der Waals surface area contributed by atoms with Crippen molar-refractivity contribution in [3.8, 4) is 0 Å². The van der Waals surface area contributed by atoms with Crippen LogP contribution < -0.4 is 5.32 Å². The molecule has 0 aliphatic carbocycles. The number of anilines is 1. The molecule has 2 rings (SSSR count). The Labute approximate surface area is 254 Å². The van der Waals surface area contributed by atoms with Crippen LogP contribution >= 0.6 is 0 Å². The van der Waals surface area contributed by atoms with Crippen LogP contribution in [-0.4, -0.2) is 5.71 Å². The van der Waals surface area contributed by atoms with Gasteiger partial charge in [0.15, 0.2) is 0 Å². The molecule has 38 heavy (non-hydrogen) atoms. The Bertz CT molecular complexity index is 1070. The summed E-state index contributed by atoms with van der Waals surface area (Å²) in [5, 5.41) is 3.92. The van der Waals surface area contributed by atoms with Gasteiger partial charge in [-0.15, -0.1) is 5.92 Å². The Morgan fingerprint density at radius 2 is 1.13 bits per heavy atom. The zero-order chi connectivity index (χ0) is 28.3. The number of hydrogen-bond donors (Lipinski definition) is 1. The van der Waals surface area contributed by atoms with Gasteiger partial charge >= 0.3 is 0 Å². The number of nitrogens with zero attached hydrogens (tertiary/aromatic N) is 1. The van der Waals surface area contributed by atoms with Crippen LogP contribution in [0.3, 0.4) is 0 Å². The second-order valence-corrected chi connectivity index (χ2v) is 13.6. The van der Waals surface area contributed by atoms with E-state index in [9.17, 15) is 0 Å². The number of hydrogen-bond acceptors (Lipinski definition) is 2. The molecule has 3 heteroatoms. The second-order valence-electron chi connectivity index (χ2n) is 13.6. The molecule has 2 aromatic rings. The summed E-state index contributed by atoms with van der Waals surface area (Å²) in [4.78, 5) is 5.47. The van der Waals surface area contributed by atoms with E-state index in [-0.39, 0.29) is 42.6 Å². The largest absolute Gasteiger partial charge is 0.358 e. The fraction of sp³-hybridized carbons (Fsp3) is 0.543. The van der Waals surface area contributed by atoms with Crippen molar-refractivity contribution < 1.29 is 25.8 Å². The third kappa shape index (κ3) is 8.77. The van der Waals surface area contributed by atoms with E-state index < -0.39 is 0 Å². The minimum Gasteiger partial charge on any atom is -0.358 e. The molecular weight excluding hydrogens is 493 g/mol. The maximum atomic E-state index is 5.47. The van der Waals surface area contributed by atoms with Crippen molar-refractivity contribution >= 4 is 17.1 Å². The average molecular weight is 547 g/mol. The first-order valence-corrected chi connectivity index (χ1v) is 14.1. The molecule has 0 heterocycles. The van der Waals surface area contributed by atoms with Gasteiger partial charge in [-0.05, 0) is 40.5 Å². The Morgan fingerprint density at radius 3 is 1.50 bits per heavy atom. The first-order chi connectivity index (χ1) is 16.9.